The van der Waals surface area contributed by atoms with E-state index in [-0.39, 0.29) is 17.3 Å². The highest BCUT2D eigenvalue weighted by atomic mass is 19.4. The number of allylic oxidation sites excluding steroid dienone is 1. The van der Waals surface area contributed by atoms with Crippen LogP contribution in [0.15, 0.2) is 29.5 Å². The van der Waals surface area contributed by atoms with Crippen molar-refractivity contribution in [2.45, 2.75) is 25.3 Å². The van der Waals surface area contributed by atoms with E-state index in [0.717, 1.165) is 0 Å². The van der Waals surface area contributed by atoms with Crippen molar-refractivity contribution in [1.82, 2.24) is 10.6 Å². The van der Waals surface area contributed by atoms with Gasteiger partial charge < -0.3 is 16.4 Å². The molecule has 0 saturated carbocycles. The first kappa shape index (κ1) is 18.6. The molecule has 2 rings (SSSR count). The van der Waals surface area contributed by atoms with Crippen molar-refractivity contribution in [3.05, 3.63) is 46.2 Å². The molecule has 136 valence electrons. The van der Waals surface area contributed by atoms with Gasteiger partial charge >= 0.3 is 18.4 Å². The van der Waals surface area contributed by atoms with Gasteiger partial charge in [0.15, 0.2) is 0 Å². The third kappa shape index (κ3) is 3.86. The summed E-state index contributed by atoms with van der Waals surface area (Å²) in [6.07, 6.45) is -10.1. The number of halogens is 6. The van der Waals surface area contributed by atoms with Crippen LogP contribution >= 0.6 is 0 Å². The highest BCUT2D eigenvalue weighted by molar-refractivity contribution is 5.97. The minimum atomic E-state index is -5.06. The SMILES string of the molecule is CC1=C(C(N)=O)C(c2cc(C(F)(F)F)cc(C(F)(F)F)c2)NC(=O)N1. The third-order valence-corrected chi connectivity index (χ3v) is 3.48. The Kier molecular flexibility index (Phi) is 4.45. The van der Waals surface area contributed by atoms with Gasteiger partial charge in [0.05, 0.1) is 22.7 Å². The lowest BCUT2D eigenvalue weighted by Crippen LogP contribution is -2.46. The van der Waals surface area contributed by atoms with Gasteiger partial charge in [0, 0.05) is 5.70 Å². The number of carbonyl (C=O) groups is 2. The molecule has 0 fully saturated rings. The summed E-state index contributed by atoms with van der Waals surface area (Å²) in [5.41, 5.74) is 1.05. The molecule has 1 aromatic rings. The Bertz CT molecular complexity index is 735. The molecule has 0 radical (unpaired) electrons. The van der Waals surface area contributed by atoms with Crippen LogP contribution in [0.1, 0.15) is 29.7 Å². The lowest BCUT2D eigenvalue weighted by molar-refractivity contribution is -0.143. The maximum Gasteiger partial charge on any atom is 0.416 e. The van der Waals surface area contributed by atoms with Gasteiger partial charge in [0.25, 0.3) is 0 Å². The second-order valence-electron chi connectivity index (χ2n) is 5.27. The number of urea groups is 1. The maximum absolute atomic E-state index is 12.9. The first-order chi connectivity index (χ1) is 11.3. The maximum atomic E-state index is 12.9. The number of alkyl halides is 6. The molecule has 1 aliphatic heterocycles. The summed E-state index contributed by atoms with van der Waals surface area (Å²) in [7, 11) is 0. The van der Waals surface area contributed by atoms with E-state index >= 15 is 0 Å². The normalized spacial score (nSPS) is 18.7. The number of nitrogens with two attached hydrogens (primary N) is 1. The second-order valence-corrected chi connectivity index (χ2v) is 5.27. The predicted octanol–water partition coefficient (Wildman–Crippen LogP) is 2.84. The number of amides is 3. The highest BCUT2D eigenvalue weighted by Gasteiger charge is 2.39. The summed E-state index contributed by atoms with van der Waals surface area (Å²) in [4.78, 5) is 23.1. The van der Waals surface area contributed by atoms with Crippen LogP contribution in [0.4, 0.5) is 31.1 Å². The molecule has 4 N–H and O–H groups in total. The van der Waals surface area contributed by atoms with E-state index in [1.165, 1.54) is 6.92 Å². The third-order valence-electron chi connectivity index (χ3n) is 3.48. The molecule has 3 amide bonds. The van der Waals surface area contributed by atoms with Crippen molar-refractivity contribution in [2.75, 3.05) is 0 Å². The van der Waals surface area contributed by atoms with Gasteiger partial charge in [0.1, 0.15) is 0 Å². The largest absolute Gasteiger partial charge is 0.416 e. The average molecular weight is 367 g/mol. The van der Waals surface area contributed by atoms with E-state index in [4.69, 9.17) is 5.73 Å². The smallest absolute Gasteiger partial charge is 0.366 e. The van der Waals surface area contributed by atoms with E-state index in [1.54, 1.807) is 0 Å². The molecule has 0 aliphatic carbocycles. The number of benzene rings is 1. The van der Waals surface area contributed by atoms with Crippen molar-refractivity contribution in [2.24, 2.45) is 5.73 Å². The number of primary amides is 1. The van der Waals surface area contributed by atoms with Crippen molar-refractivity contribution in [1.29, 1.82) is 0 Å². The zero-order valence-electron chi connectivity index (χ0n) is 12.5. The monoisotopic (exact) mass is 367 g/mol. The summed E-state index contributed by atoms with van der Waals surface area (Å²) in [6, 6.07) is -1.62. The van der Waals surface area contributed by atoms with Crippen LogP contribution in [0, 0.1) is 0 Å². The number of hydrogen-bond donors (Lipinski definition) is 3. The Labute approximate surface area is 136 Å². The molecule has 0 spiro atoms. The summed E-state index contributed by atoms with van der Waals surface area (Å²) >= 11 is 0. The fraction of sp³-hybridized carbons (Fsp3) is 0.286. The number of carbonyl (C=O) groups excluding carboxylic acids is 2. The first-order valence-corrected chi connectivity index (χ1v) is 6.68. The molecule has 0 saturated heterocycles. The van der Waals surface area contributed by atoms with E-state index < -0.39 is 47.0 Å². The Morgan fingerprint density at radius 3 is 1.92 bits per heavy atom. The van der Waals surface area contributed by atoms with Crippen LogP contribution in [0.25, 0.3) is 0 Å². The molecule has 1 atom stereocenters. The summed E-state index contributed by atoms with van der Waals surface area (Å²) in [5, 5.41) is 4.29. The standard InChI is InChI=1S/C14H11F6N3O2/c1-5-9(11(21)24)10(23-12(25)22-5)6-2-7(13(15,16)17)4-8(3-6)14(18,19)20/h2-4,10H,1H3,(H2,21,24)(H2,22,23,25). The minimum absolute atomic E-state index is 0.0487. The van der Waals surface area contributed by atoms with E-state index in [2.05, 4.69) is 10.6 Å². The Hall–Kier alpha value is -2.72. The molecule has 1 unspecified atom stereocenters. The van der Waals surface area contributed by atoms with Gasteiger partial charge in [0.2, 0.25) is 5.91 Å². The summed E-state index contributed by atoms with van der Waals surface area (Å²) < 4.78 is 77.6. The van der Waals surface area contributed by atoms with Gasteiger partial charge in [-0.15, -0.1) is 0 Å². The highest BCUT2D eigenvalue weighted by Crippen LogP contribution is 2.39. The zero-order chi connectivity index (χ0) is 19.2. The van der Waals surface area contributed by atoms with Crippen molar-refractivity contribution in [3.63, 3.8) is 0 Å². The van der Waals surface area contributed by atoms with Gasteiger partial charge in [-0.25, -0.2) is 4.79 Å². The van der Waals surface area contributed by atoms with Gasteiger partial charge in [-0.1, -0.05) is 0 Å². The molecule has 5 nitrogen and oxygen atoms in total. The zero-order valence-corrected chi connectivity index (χ0v) is 12.5. The molecular formula is C14H11F6N3O2. The van der Waals surface area contributed by atoms with Crippen LogP contribution in [-0.2, 0) is 17.1 Å². The predicted molar refractivity (Wildman–Crippen MR) is 72.7 cm³/mol. The van der Waals surface area contributed by atoms with Gasteiger partial charge in [-0.3, -0.25) is 4.79 Å². The molecule has 25 heavy (non-hydrogen) atoms. The van der Waals surface area contributed by atoms with Crippen LogP contribution in [0.5, 0.6) is 0 Å². The van der Waals surface area contributed by atoms with Crippen molar-refractivity contribution >= 4 is 11.9 Å². The summed E-state index contributed by atoms with van der Waals surface area (Å²) in [5.74, 6) is -1.10. The molecule has 0 aromatic heterocycles. The fourth-order valence-electron chi connectivity index (χ4n) is 2.42. The summed E-state index contributed by atoms with van der Waals surface area (Å²) in [6.45, 7) is 1.25. The minimum Gasteiger partial charge on any atom is -0.366 e. The molecule has 11 heteroatoms. The number of rotatable bonds is 2. The Morgan fingerprint density at radius 1 is 1.04 bits per heavy atom. The molecule has 1 aliphatic rings. The van der Waals surface area contributed by atoms with E-state index in [1.807, 2.05) is 0 Å². The number of nitrogens with one attached hydrogen (secondary N) is 2. The topological polar surface area (TPSA) is 84.2 Å². The van der Waals surface area contributed by atoms with Crippen LogP contribution in [-0.4, -0.2) is 11.9 Å². The number of hydrogen-bond acceptors (Lipinski definition) is 2. The van der Waals surface area contributed by atoms with Crippen LogP contribution in [0.2, 0.25) is 0 Å². The Balaban J connectivity index is 2.70. The molecule has 1 aromatic carbocycles. The van der Waals surface area contributed by atoms with Crippen LogP contribution in [0.3, 0.4) is 0 Å². The fourth-order valence-corrected chi connectivity index (χ4v) is 2.42. The van der Waals surface area contributed by atoms with Crippen LogP contribution < -0.4 is 16.4 Å². The first-order valence-electron chi connectivity index (χ1n) is 6.68. The lowest BCUT2D eigenvalue weighted by atomic mass is 9.92. The van der Waals surface area contributed by atoms with E-state index in [9.17, 15) is 35.9 Å². The lowest BCUT2D eigenvalue weighted by Gasteiger charge is -2.28. The Morgan fingerprint density at radius 2 is 1.52 bits per heavy atom. The molecule has 0 bridgehead atoms. The van der Waals surface area contributed by atoms with Gasteiger partial charge in [-0.2, -0.15) is 26.3 Å². The van der Waals surface area contributed by atoms with E-state index in [0.29, 0.717) is 12.1 Å². The average Bonchev–Trinajstić information content (AvgIpc) is 2.43. The van der Waals surface area contributed by atoms with Crippen molar-refractivity contribution in [3.8, 4) is 0 Å². The van der Waals surface area contributed by atoms with Crippen molar-refractivity contribution < 1.29 is 35.9 Å². The quantitative estimate of drug-likeness (QED) is 0.703. The second kappa shape index (κ2) is 5.97. The molecular weight excluding hydrogens is 356 g/mol. The molecule has 1 heterocycles. The van der Waals surface area contributed by atoms with Gasteiger partial charge in [-0.05, 0) is 30.7 Å².